The quantitative estimate of drug-likeness (QED) is 0.655. The third-order valence-electron chi connectivity index (χ3n) is 2.06. The molecule has 0 unspecified atom stereocenters. The largest absolute Gasteiger partial charge is 0.458 e. The zero-order valence-electron chi connectivity index (χ0n) is 11.8. The highest BCUT2D eigenvalue weighted by Gasteiger charge is 2.54. The maximum atomic E-state index is 11.2. The van der Waals surface area contributed by atoms with Gasteiger partial charge in [-0.3, -0.25) is 14.4 Å². The predicted octanol–water partition coefficient (Wildman–Crippen LogP) is 2.50. The van der Waals surface area contributed by atoms with Crippen LogP contribution in [0.25, 0.3) is 0 Å². The van der Waals surface area contributed by atoms with Crippen molar-refractivity contribution in [3.63, 3.8) is 0 Å². The number of aromatic nitrogens is 1. The standard InChI is InChI=1S/C7H10N2O2.C4F6O2/c1-4-7(8-6(3)10)5(2)11-9-4;5-3(6,7)1(11)2(12)4(8,9)10/h1-3H3,(H,8,10);. The monoisotopic (exact) mass is 348 g/mol. The molecule has 130 valence electrons. The maximum absolute atomic E-state index is 11.2. The first kappa shape index (κ1) is 20.6. The molecule has 0 atom stereocenters. The number of nitrogens with zero attached hydrogens (tertiary/aromatic N) is 1. The molecule has 1 aromatic heterocycles. The molecule has 23 heavy (non-hydrogen) atoms. The van der Waals surface area contributed by atoms with E-state index in [-0.39, 0.29) is 5.91 Å². The third-order valence-corrected chi connectivity index (χ3v) is 2.06. The van der Waals surface area contributed by atoms with Gasteiger partial charge in [0.05, 0.1) is 0 Å². The summed E-state index contributed by atoms with van der Waals surface area (Å²) in [6.07, 6.45) is -11.5. The van der Waals surface area contributed by atoms with Crippen LogP contribution in [0, 0.1) is 13.8 Å². The van der Waals surface area contributed by atoms with Gasteiger partial charge in [-0.1, -0.05) is 5.16 Å². The van der Waals surface area contributed by atoms with Gasteiger partial charge in [0.15, 0.2) is 5.76 Å². The fourth-order valence-electron chi connectivity index (χ4n) is 1.09. The summed E-state index contributed by atoms with van der Waals surface area (Å²) in [7, 11) is 0. The number of amides is 1. The zero-order chi connectivity index (χ0) is 18.6. The number of nitrogens with one attached hydrogen (secondary N) is 1. The second kappa shape index (κ2) is 7.24. The second-order valence-electron chi connectivity index (χ2n) is 4.03. The van der Waals surface area contributed by atoms with E-state index in [2.05, 4.69) is 10.5 Å². The molecule has 12 heteroatoms. The number of hydrogen-bond donors (Lipinski definition) is 1. The van der Waals surface area contributed by atoms with Crippen LogP contribution in [-0.2, 0) is 14.4 Å². The molecule has 0 spiro atoms. The molecule has 0 aromatic carbocycles. The van der Waals surface area contributed by atoms with Gasteiger partial charge in [0.1, 0.15) is 11.4 Å². The number of carbonyl (C=O) groups is 3. The lowest BCUT2D eigenvalue weighted by Crippen LogP contribution is -2.39. The van der Waals surface area contributed by atoms with E-state index in [9.17, 15) is 40.7 Å². The molecule has 0 saturated heterocycles. The van der Waals surface area contributed by atoms with Crippen LogP contribution in [0.2, 0.25) is 0 Å². The maximum Gasteiger partial charge on any atom is 0.458 e. The van der Waals surface area contributed by atoms with Crippen molar-refractivity contribution in [1.29, 1.82) is 0 Å². The van der Waals surface area contributed by atoms with Crippen molar-refractivity contribution in [3.8, 4) is 0 Å². The first-order valence-corrected chi connectivity index (χ1v) is 5.61. The number of hydrogen-bond acceptors (Lipinski definition) is 5. The molecule has 0 bridgehead atoms. The van der Waals surface area contributed by atoms with Crippen molar-refractivity contribution >= 4 is 23.2 Å². The van der Waals surface area contributed by atoms with E-state index in [0.717, 1.165) is 0 Å². The Morgan fingerprint density at radius 3 is 1.57 bits per heavy atom. The average Bonchev–Trinajstić information content (AvgIpc) is 2.67. The lowest BCUT2D eigenvalue weighted by atomic mass is 10.2. The molecular weight excluding hydrogens is 338 g/mol. The SMILES string of the molecule is CC(=O)Nc1c(C)noc1C.O=C(C(=O)C(F)(F)F)C(F)(F)F. The van der Waals surface area contributed by atoms with Crippen molar-refractivity contribution in [2.24, 2.45) is 0 Å². The van der Waals surface area contributed by atoms with E-state index in [1.807, 2.05) is 0 Å². The highest BCUT2D eigenvalue weighted by atomic mass is 19.4. The molecule has 1 aromatic rings. The Hall–Kier alpha value is -2.40. The number of rotatable bonds is 2. The summed E-state index contributed by atoms with van der Waals surface area (Å²) in [6, 6.07) is 0. The minimum absolute atomic E-state index is 0.112. The van der Waals surface area contributed by atoms with Crippen LogP contribution < -0.4 is 5.32 Å². The summed E-state index contributed by atoms with van der Waals surface area (Å²) < 4.78 is 71.8. The van der Waals surface area contributed by atoms with Gasteiger partial charge in [-0.05, 0) is 13.8 Å². The summed E-state index contributed by atoms with van der Waals surface area (Å²) in [4.78, 5) is 29.9. The highest BCUT2D eigenvalue weighted by molar-refractivity contribution is 6.41. The molecule has 0 saturated carbocycles. The number of anilines is 1. The van der Waals surface area contributed by atoms with Gasteiger partial charge in [0.2, 0.25) is 5.91 Å². The Morgan fingerprint density at radius 1 is 0.957 bits per heavy atom. The summed E-state index contributed by atoms with van der Waals surface area (Å²) >= 11 is 0. The Kier molecular flexibility index (Phi) is 6.49. The van der Waals surface area contributed by atoms with Gasteiger partial charge in [-0.15, -0.1) is 0 Å². The minimum Gasteiger partial charge on any atom is -0.359 e. The fraction of sp³-hybridized carbons (Fsp3) is 0.455. The van der Waals surface area contributed by atoms with E-state index in [1.54, 1.807) is 13.8 Å². The summed E-state index contributed by atoms with van der Waals surface area (Å²) in [5.41, 5.74) is 1.38. The second-order valence-corrected chi connectivity index (χ2v) is 4.03. The molecule has 1 rings (SSSR count). The Morgan fingerprint density at radius 2 is 1.35 bits per heavy atom. The lowest BCUT2D eigenvalue weighted by molar-refractivity contribution is -0.193. The van der Waals surface area contributed by atoms with Crippen LogP contribution >= 0.6 is 0 Å². The Labute approximate surface area is 124 Å². The molecule has 0 aliphatic rings. The summed E-state index contributed by atoms with van der Waals surface area (Å²) in [5.74, 6) is -6.29. The van der Waals surface area contributed by atoms with Gasteiger partial charge in [-0.25, -0.2) is 0 Å². The molecule has 0 radical (unpaired) electrons. The van der Waals surface area contributed by atoms with Crippen LogP contribution in [0.3, 0.4) is 0 Å². The number of halogens is 6. The average molecular weight is 348 g/mol. The molecule has 1 N–H and O–H groups in total. The number of aryl methyl sites for hydroxylation is 2. The van der Waals surface area contributed by atoms with Crippen molar-refractivity contribution < 1.29 is 45.2 Å². The van der Waals surface area contributed by atoms with E-state index in [0.29, 0.717) is 17.1 Å². The molecular formula is C11H10F6N2O4. The molecule has 0 fully saturated rings. The predicted molar refractivity (Wildman–Crippen MR) is 62.4 cm³/mol. The van der Waals surface area contributed by atoms with Gasteiger partial charge in [0, 0.05) is 6.92 Å². The van der Waals surface area contributed by atoms with E-state index in [1.165, 1.54) is 6.92 Å². The topological polar surface area (TPSA) is 89.3 Å². The minimum atomic E-state index is -5.77. The Bertz CT molecular complexity index is 559. The van der Waals surface area contributed by atoms with Crippen LogP contribution in [0.4, 0.5) is 32.0 Å². The van der Waals surface area contributed by atoms with Gasteiger partial charge in [0.25, 0.3) is 0 Å². The zero-order valence-corrected chi connectivity index (χ0v) is 11.8. The number of carbonyl (C=O) groups excluding carboxylic acids is 3. The van der Waals surface area contributed by atoms with Crippen LogP contribution in [0.15, 0.2) is 4.52 Å². The van der Waals surface area contributed by atoms with Crippen molar-refractivity contribution in [3.05, 3.63) is 11.5 Å². The lowest BCUT2D eigenvalue weighted by Gasteiger charge is -2.05. The number of ketones is 2. The third kappa shape index (κ3) is 6.48. The number of Topliss-reactive ketones (excluding diaryl/α,β-unsaturated/α-hetero) is 2. The fourth-order valence-corrected chi connectivity index (χ4v) is 1.09. The summed E-state index contributed by atoms with van der Waals surface area (Å²) in [5, 5.41) is 6.31. The van der Waals surface area contributed by atoms with Crippen LogP contribution in [-0.4, -0.2) is 35.0 Å². The van der Waals surface area contributed by atoms with Gasteiger partial charge >= 0.3 is 23.9 Å². The first-order valence-electron chi connectivity index (χ1n) is 5.61. The van der Waals surface area contributed by atoms with Crippen LogP contribution in [0.5, 0.6) is 0 Å². The molecule has 0 aliphatic carbocycles. The normalized spacial score (nSPS) is 11.3. The summed E-state index contributed by atoms with van der Waals surface area (Å²) in [6.45, 7) is 4.99. The molecule has 1 heterocycles. The van der Waals surface area contributed by atoms with Crippen molar-refractivity contribution in [2.45, 2.75) is 33.1 Å². The Balaban J connectivity index is 0.000000422. The molecule has 6 nitrogen and oxygen atoms in total. The van der Waals surface area contributed by atoms with Crippen molar-refractivity contribution in [1.82, 2.24) is 5.16 Å². The van der Waals surface area contributed by atoms with Gasteiger partial charge < -0.3 is 9.84 Å². The van der Waals surface area contributed by atoms with Crippen molar-refractivity contribution in [2.75, 3.05) is 5.32 Å². The van der Waals surface area contributed by atoms with Crippen LogP contribution in [0.1, 0.15) is 18.4 Å². The number of alkyl halides is 6. The van der Waals surface area contributed by atoms with Gasteiger partial charge in [-0.2, -0.15) is 26.3 Å². The van der Waals surface area contributed by atoms with E-state index >= 15 is 0 Å². The molecule has 0 aliphatic heterocycles. The van der Waals surface area contributed by atoms with E-state index in [4.69, 9.17) is 4.52 Å². The first-order chi connectivity index (χ1) is 10.2. The highest BCUT2D eigenvalue weighted by Crippen LogP contribution is 2.24. The smallest absolute Gasteiger partial charge is 0.359 e. The molecule has 1 amide bonds. The van der Waals surface area contributed by atoms with E-state index < -0.39 is 23.9 Å².